The highest BCUT2D eigenvalue weighted by molar-refractivity contribution is 6.05. The quantitative estimate of drug-likeness (QED) is 0.717. The van der Waals surface area contributed by atoms with Gasteiger partial charge in [0.25, 0.3) is 0 Å². The van der Waals surface area contributed by atoms with E-state index in [-0.39, 0.29) is 37.6 Å². The Bertz CT molecular complexity index is 813. The Morgan fingerprint density at radius 3 is 2.32 bits per heavy atom. The number of nitrogens with zero attached hydrogens (tertiary/aromatic N) is 3. The van der Waals surface area contributed by atoms with Crippen LogP contribution in [-0.2, 0) is 9.59 Å². The molecular weight excluding hydrogens is 430 g/mol. The molecule has 1 unspecified atom stereocenters. The molecular formula is C19H22F6N4O2. The first kappa shape index (κ1) is 23.3. The number of carbonyl (C=O) groups is 2. The molecule has 0 saturated carbocycles. The maximum absolute atomic E-state index is 13.8. The number of carbonyl (C=O) groups excluding carboxylic acids is 2. The van der Waals surface area contributed by atoms with Gasteiger partial charge in [0.1, 0.15) is 6.04 Å². The van der Waals surface area contributed by atoms with Crippen LogP contribution in [0.3, 0.4) is 0 Å². The molecule has 1 atom stereocenters. The summed E-state index contributed by atoms with van der Waals surface area (Å²) in [7, 11) is 0. The Kier molecular flexibility index (Phi) is 6.79. The largest absolute Gasteiger partial charge is 0.409 e. The molecule has 1 N–H and O–H groups in total. The molecule has 12 heteroatoms. The molecule has 2 amide bonds. The van der Waals surface area contributed by atoms with Gasteiger partial charge in [-0.05, 0) is 31.6 Å². The van der Waals surface area contributed by atoms with Gasteiger partial charge >= 0.3 is 12.4 Å². The first-order valence-electron chi connectivity index (χ1n) is 9.73. The molecule has 31 heavy (non-hydrogen) atoms. The van der Waals surface area contributed by atoms with Crippen LogP contribution in [0.15, 0.2) is 24.3 Å². The topological polar surface area (TPSA) is 55.9 Å². The summed E-state index contributed by atoms with van der Waals surface area (Å²) in [5.74, 6) is -1.72. The van der Waals surface area contributed by atoms with Crippen molar-refractivity contribution in [3.05, 3.63) is 24.3 Å². The molecule has 2 heterocycles. The van der Waals surface area contributed by atoms with Crippen molar-refractivity contribution in [1.82, 2.24) is 9.80 Å². The zero-order valence-electron chi connectivity index (χ0n) is 16.5. The highest BCUT2D eigenvalue weighted by atomic mass is 19.4. The van der Waals surface area contributed by atoms with Gasteiger partial charge in [-0.3, -0.25) is 24.3 Å². The molecule has 0 radical (unpaired) electrons. The summed E-state index contributed by atoms with van der Waals surface area (Å²) in [6.07, 6.45) is -9.78. The number of alkyl halides is 6. The molecule has 0 spiro atoms. The fourth-order valence-electron chi connectivity index (χ4n) is 3.86. The molecule has 1 saturated heterocycles. The van der Waals surface area contributed by atoms with Crippen molar-refractivity contribution in [2.24, 2.45) is 0 Å². The van der Waals surface area contributed by atoms with Crippen LogP contribution < -0.4 is 10.2 Å². The number of rotatable bonds is 3. The highest BCUT2D eigenvalue weighted by Gasteiger charge is 2.49. The van der Waals surface area contributed by atoms with Crippen LogP contribution in [0.25, 0.3) is 0 Å². The van der Waals surface area contributed by atoms with E-state index in [9.17, 15) is 35.9 Å². The summed E-state index contributed by atoms with van der Waals surface area (Å²) < 4.78 is 79.2. The molecule has 1 aromatic carbocycles. The summed E-state index contributed by atoms with van der Waals surface area (Å²) >= 11 is 0. The van der Waals surface area contributed by atoms with Crippen LogP contribution in [0, 0.1) is 0 Å². The normalized spacial score (nSPS) is 21.8. The molecule has 2 aliphatic rings. The zero-order chi connectivity index (χ0) is 22.8. The monoisotopic (exact) mass is 452 g/mol. The van der Waals surface area contributed by atoms with Gasteiger partial charge in [0.15, 0.2) is 0 Å². The second kappa shape index (κ2) is 9.03. The Morgan fingerprint density at radius 2 is 1.65 bits per heavy atom. The van der Waals surface area contributed by atoms with Gasteiger partial charge in [0.2, 0.25) is 11.8 Å². The van der Waals surface area contributed by atoms with E-state index in [1.807, 2.05) is 0 Å². The van der Waals surface area contributed by atoms with E-state index in [1.54, 1.807) is 4.90 Å². The van der Waals surface area contributed by atoms with E-state index in [1.165, 1.54) is 29.2 Å². The van der Waals surface area contributed by atoms with Crippen molar-refractivity contribution in [3.8, 4) is 0 Å². The van der Waals surface area contributed by atoms with E-state index in [2.05, 4.69) is 5.32 Å². The van der Waals surface area contributed by atoms with E-state index >= 15 is 0 Å². The number of anilines is 2. The molecule has 1 fully saturated rings. The Labute approximate surface area is 174 Å². The van der Waals surface area contributed by atoms with Crippen molar-refractivity contribution >= 4 is 23.2 Å². The summed E-state index contributed by atoms with van der Waals surface area (Å²) in [6.45, 7) is -0.839. The number of hydrogen-bond donors (Lipinski definition) is 1. The second-order valence-electron chi connectivity index (χ2n) is 7.61. The molecule has 0 aliphatic carbocycles. The van der Waals surface area contributed by atoms with Gasteiger partial charge in [-0.2, -0.15) is 26.3 Å². The fourth-order valence-corrected chi connectivity index (χ4v) is 3.86. The fraction of sp³-hybridized carbons (Fsp3) is 0.579. The number of halogens is 6. The van der Waals surface area contributed by atoms with Crippen molar-refractivity contribution in [3.63, 3.8) is 0 Å². The van der Waals surface area contributed by atoms with Crippen LogP contribution in [0.4, 0.5) is 37.7 Å². The number of para-hydroxylation sites is 2. The Hall–Kier alpha value is -2.34. The lowest BCUT2D eigenvalue weighted by Gasteiger charge is -2.33. The lowest BCUT2D eigenvalue weighted by atomic mass is 10.1. The predicted molar refractivity (Wildman–Crippen MR) is 101 cm³/mol. The molecule has 6 nitrogen and oxygen atoms in total. The minimum Gasteiger partial charge on any atom is -0.324 e. The Balaban J connectivity index is 1.79. The third-order valence-electron chi connectivity index (χ3n) is 5.22. The molecule has 172 valence electrons. The maximum Gasteiger partial charge on any atom is 0.409 e. The van der Waals surface area contributed by atoms with Crippen LogP contribution in [0.2, 0.25) is 0 Å². The third kappa shape index (κ3) is 6.10. The molecule has 0 aromatic heterocycles. The van der Waals surface area contributed by atoms with E-state index < -0.39 is 49.7 Å². The molecule has 2 aliphatic heterocycles. The zero-order valence-corrected chi connectivity index (χ0v) is 16.5. The maximum atomic E-state index is 13.8. The van der Waals surface area contributed by atoms with Crippen LogP contribution in [0.1, 0.15) is 12.8 Å². The molecule has 1 aromatic rings. The lowest BCUT2D eigenvalue weighted by Crippen LogP contribution is -2.52. The number of amides is 2. The van der Waals surface area contributed by atoms with E-state index in [4.69, 9.17) is 0 Å². The third-order valence-corrected chi connectivity index (χ3v) is 5.22. The minimum absolute atomic E-state index is 0.0477. The van der Waals surface area contributed by atoms with Crippen molar-refractivity contribution in [2.45, 2.75) is 31.2 Å². The highest BCUT2D eigenvalue weighted by Crippen LogP contribution is 2.37. The Morgan fingerprint density at radius 1 is 1.00 bits per heavy atom. The van der Waals surface area contributed by atoms with Gasteiger partial charge in [-0.25, -0.2) is 0 Å². The van der Waals surface area contributed by atoms with E-state index in [0.717, 1.165) is 0 Å². The van der Waals surface area contributed by atoms with Crippen molar-refractivity contribution in [1.29, 1.82) is 0 Å². The average molecular weight is 452 g/mol. The standard InChI is InChI=1S/C19H22F6N4O2/c20-18(21,22)12-28-7-3-6-27(8-9-28)11-17(31)29-14-5-2-1-4-13(14)26-16(30)10-15(29)19(23,24)25/h1-2,4-5,15H,3,6-12H2,(H,26,30). The first-order valence-corrected chi connectivity index (χ1v) is 9.73. The summed E-state index contributed by atoms with van der Waals surface area (Å²) in [5.41, 5.74) is 0.0361. The number of benzene rings is 1. The predicted octanol–water partition coefficient (Wildman–Crippen LogP) is 2.86. The second-order valence-corrected chi connectivity index (χ2v) is 7.61. The van der Waals surface area contributed by atoms with Gasteiger partial charge in [-0.1, -0.05) is 12.1 Å². The summed E-state index contributed by atoms with van der Waals surface area (Å²) in [6, 6.07) is 3.39. The number of fused-ring (bicyclic) bond motifs is 1. The van der Waals surface area contributed by atoms with Gasteiger partial charge in [0, 0.05) is 13.1 Å². The van der Waals surface area contributed by atoms with Crippen molar-refractivity contribution < 1.29 is 35.9 Å². The van der Waals surface area contributed by atoms with Crippen molar-refractivity contribution in [2.75, 3.05) is 49.5 Å². The van der Waals surface area contributed by atoms with Gasteiger partial charge in [-0.15, -0.1) is 0 Å². The molecule has 3 rings (SSSR count). The van der Waals surface area contributed by atoms with Crippen LogP contribution in [0.5, 0.6) is 0 Å². The van der Waals surface area contributed by atoms with Crippen LogP contribution in [-0.4, -0.2) is 79.3 Å². The lowest BCUT2D eigenvalue weighted by molar-refractivity contribution is -0.158. The van der Waals surface area contributed by atoms with Gasteiger partial charge < -0.3 is 5.32 Å². The minimum atomic E-state index is -4.84. The first-order chi connectivity index (χ1) is 14.4. The van der Waals surface area contributed by atoms with E-state index in [0.29, 0.717) is 11.3 Å². The summed E-state index contributed by atoms with van der Waals surface area (Å²) in [5, 5.41) is 2.39. The van der Waals surface area contributed by atoms with Crippen LogP contribution >= 0.6 is 0 Å². The van der Waals surface area contributed by atoms with Gasteiger partial charge in [0.05, 0.1) is 30.9 Å². The smallest absolute Gasteiger partial charge is 0.324 e. The summed E-state index contributed by atoms with van der Waals surface area (Å²) in [4.78, 5) is 28.4. The molecule has 0 bridgehead atoms. The average Bonchev–Trinajstić information content (AvgIpc) is 2.94. The number of nitrogens with one attached hydrogen (secondary N) is 1. The number of hydrogen-bond acceptors (Lipinski definition) is 4. The SMILES string of the molecule is O=C1CC(C(F)(F)F)N(C(=O)CN2CCCN(CC(F)(F)F)CC2)c2ccccc2N1.